The highest BCUT2D eigenvalue weighted by Crippen LogP contribution is 2.16. The van der Waals surface area contributed by atoms with Gasteiger partial charge in [-0.1, -0.05) is 0 Å². The van der Waals surface area contributed by atoms with Crippen molar-refractivity contribution >= 4 is 17.7 Å². The van der Waals surface area contributed by atoms with Crippen molar-refractivity contribution in [2.45, 2.75) is 10.9 Å². The van der Waals surface area contributed by atoms with Gasteiger partial charge in [-0.2, -0.15) is 0 Å². The molecule has 5 heteroatoms. The van der Waals surface area contributed by atoms with Crippen molar-refractivity contribution in [2.24, 2.45) is 0 Å². The van der Waals surface area contributed by atoms with Gasteiger partial charge in [0.05, 0.1) is 12.9 Å². The van der Waals surface area contributed by atoms with E-state index < -0.39 is 6.04 Å². The van der Waals surface area contributed by atoms with Crippen LogP contribution < -0.4 is 5.32 Å². The maximum Gasteiger partial charge on any atom is 0.251 e. The van der Waals surface area contributed by atoms with Crippen LogP contribution in [-0.2, 0) is 0 Å². The Morgan fingerprint density at radius 1 is 1.37 bits per heavy atom. The minimum absolute atomic E-state index is 0.206. The molecule has 2 rings (SSSR count). The van der Waals surface area contributed by atoms with Crippen molar-refractivity contribution < 1.29 is 14.3 Å². The summed E-state index contributed by atoms with van der Waals surface area (Å²) in [7, 11) is 0. The first-order chi connectivity index (χ1) is 9.24. The van der Waals surface area contributed by atoms with Gasteiger partial charge in [-0.05, 0) is 42.7 Å². The fourth-order valence-electron chi connectivity index (χ4n) is 1.68. The number of benzene rings is 1. The largest absolute Gasteiger partial charge is 0.467 e. The predicted molar refractivity (Wildman–Crippen MR) is 74.2 cm³/mol. The van der Waals surface area contributed by atoms with Crippen LogP contribution in [0.2, 0.25) is 0 Å². The second-order valence-corrected chi connectivity index (χ2v) is 4.83. The molecule has 4 nitrogen and oxygen atoms in total. The lowest BCUT2D eigenvalue weighted by Crippen LogP contribution is -2.30. The number of carbonyl (C=O) groups is 1. The lowest BCUT2D eigenvalue weighted by atomic mass is 10.2. The first-order valence-electron chi connectivity index (χ1n) is 5.83. The van der Waals surface area contributed by atoms with Crippen LogP contribution in [0.3, 0.4) is 0 Å². The van der Waals surface area contributed by atoms with Crippen LogP contribution in [0.25, 0.3) is 0 Å². The molecule has 0 aliphatic carbocycles. The second-order valence-electron chi connectivity index (χ2n) is 3.95. The molecule has 0 saturated carbocycles. The van der Waals surface area contributed by atoms with Crippen LogP contribution in [0.15, 0.2) is 52.0 Å². The number of rotatable bonds is 5. The van der Waals surface area contributed by atoms with E-state index in [2.05, 4.69) is 5.32 Å². The zero-order chi connectivity index (χ0) is 13.7. The van der Waals surface area contributed by atoms with E-state index in [4.69, 9.17) is 4.42 Å². The number of thioether (sulfide) groups is 1. The molecular formula is C14H15NO3S. The van der Waals surface area contributed by atoms with Gasteiger partial charge < -0.3 is 14.8 Å². The van der Waals surface area contributed by atoms with Gasteiger partial charge in [0.25, 0.3) is 5.91 Å². The molecule has 1 unspecified atom stereocenters. The summed E-state index contributed by atoms with van der Waals surface area (Å²) in [5.74, 6) is 0.305. The first kappa shape index (κ1) is 13.7. The predicted octanol–water partition coefficient (Wildman–Crippen LogP) is 2.46. The van der Waals surface area contributed by atoms with E-state index in [-0.39, 0.29) is 12.5 Å². The topological polar surface area (TPSA) is 62.5 Å². The van der Waals surface area contributed by atoms with Crippen LogP contribution in [0.4, 0.5) is 0 Å². The molecule has 19 heavy (non-hydrogen) atoms. The smallest absolute Gasteiger partial charge is 0.251 e. The van der Waals surface area contributed by atoms with E-state index in [1.54, 1.807) is 36.0 Å². The molecule has 0 bridgehead atoms. The molecule has 0 saturated heterocycles. The summed E-state index contributed by atoms with van der Waals surface area (Å²) in [4.78, 5) is 13.1. The van der Waals surface area contributed by atoms with Gasteiger partial charge in [-0.25, -0.2) is 0 Å². The molecular weight excluding hydrogens is 262 g/mol. The Morgan fingerprint density at radius 3 is 2.63 bits per heavy atom. The molecule has 2 N–H and O–H groups in total. The van der Waals surface area contributed by atoms with Crippen molar-refractivity contribution in [3.63, 3.8) is 0 Å². The highest BCUT2D eigenvalue weighted by molar-refractivity contribution is 7.98. The Balaban J connectivity index is 2.06. The zero-order valence-electron chi connectivity index (χ0n) is 10.5. The van der Waals surface area contributed by atoms with Crippen LogP contribution in [0.5, 0.6) is 0 Å². The van der Waals surface area contributed by atoms with Crippen LogP contribution >= 0.6 is 11.8 Å². The summed E-state index contributed by atoms with van der Waals surface area (Å²) in [6.45, 7) is -0.206. The second kappa shape index (κ2) is 6.45. The quantitative estimate of drug-likeness (QED) is 0.824. The van der Waals surface area contributed by atoms with Crippen molar-refractivity contribution in [3.05, 3.63) is 54.0 Å². The Bertz CT molecular complexity index is 522. The van der Waals surface area contributed by atoms with Crippen LogP contribution in [0, 0.1) is 0 Å². The SMILES string of the molecule is CSc1ccc(C(=O)NC(CO)c2ccco2)cc1. The zero-order valence-corrected chi connectivity index (χ0v) is 11.3. The normalized spacial score (nSPS) is 12.1. The summed E-state index contributed by atoms with van der Waals surface area (Å²) < 4.78 is 5.18. The van der Waals surface area contributed by atoms with Gasteiger partial charge in [0, 0.05) is 10.5 Å². The van der Waals surface area contributed by atoms with E-state index in [0.29, 0.717) is 11.3 Å². The van der Waals surface area contributed by atoms with Gasteiger partial charge in [-0.3, -0.25) is 4.79 Å². The Morgan fingerprint density at radius 2 is 2.11 bits per heavy atom. The number of nitrogens with one attached hydrogen (secondary N) is 1. The molecule has 1 amide bonds. The standard InChI is InChI=1S/C14H15NO3S/c1-19-11-6-4-10(5-7-11)14(17)15-12(9-16)13-3-2-8-18-13/h2-8,12,16H,9H2,1H3,(H,15,17). The highest BCUT2D eigenvalue weighted by atomic mass is 32.2. The molecule has 100 valence electrons. The maximum absolute atomic E-state index is 12.0. The van der Waals surface area contributed by atoms with Gasteiger partial charge >= 0.3 is 0 Å². The Hall–Kier alpha value is -1.72. The summed E-state index contributed by atoms with van der Waals surface area (Å²) >= 11 is 1.62. The number of amides is 1. The molecule has 0 radical (unpaired) electrons. The number of hydrogen-bond acceptors (Lipinski definition) is 4. The number of carbonyl (C=O) groups excluding carboxylic acids is 1. The van der Waals surface area contributed by atoms with E-state index in [0.717, 1.165) is 4.90 Å². The molecule has 2 aromatic rings. The lowest BCUT2D eigenvalue weighted by molar-refractivity contribution is 0.0907. The summed E-state index contributed by atoms with van der Waals surface area (Å²) in [5, 5.41) is 12.0. The van der Waals surface area contributed by atoms with Gasteiger partial charge in [0.1, 0.15) is 11.8 Å². The average Bonchev–Trinajstić information content (AvgIpc) is 2.98. The molecule has 0 aliphatic rings. The van der Waals surface area contributed by atoms with Crippen LogP contribution in [-0.4, -0.2) is 23.9 Å². The average molecular weight is 277 g/mol. The van der Waals surface area contributed by atoms with E-state index in [1.807, 2.05) is 18.4 Å². The van der Waals surface area contributed by atoms with Gasteiger partial charge in [0.2, 0.25) is 0 Å². The third-order valence-corrected chi connectivity index (χ3v) is 3.47. The molecule has 1 heterocycles. The van der Waals surface area contributed by atoms with E-state index in [1.165, 1.54) is 6.26 Å². The lowest BCUT2D eigenvalue weighted by Gasteiger charge is -2.14. The molecule has 0 fully saturated rings. The summed E-state index contributed by atoms with van der Waals surface area (Å²) in [6.07, 6.45) is 3.49. The number of aliphatic hydroxyl groups excluding tert-OH is 1. The molecule has 0 spiro atoms. The third kappa shape index (κ3) is 3.39. The fourth-order valence-corrected chi connectivity index (χ4v) is 2.09. The van der Waals surface area contributed by atoms with Crippen molar-refractivity contribution in [3.8, 4) is 0 Å². The van der Waals surface area contributed by atoms with Gasteiger partial charge in [-0.15, -0.1) is 11.8 Å². The highest BCUT2D eigenvalue weighted by Gasteiger charge is 2.16. The maximum atomic E-state index is 12.0. The Kier molecular flexibility index (Phi) is 4.65. The molecule has 1 aromatic heterocycles. The summed E-state index contributed by atoms with van der Waals surface area (Å²) in [5.41, 5.74) is 0.558. The summed E-state index contributed by atoms with van der Waals surface area (Å²) in [6, 6.07) is 10.2. The van der Waals surface area contributed by atoms with Crippen molar-refractivity contribution in [1.82, 2.24) is 5.32 Å². The van der Waals surface area contributed by atoms with E-state index in [9.17, 15) is 9.90 Å². The van der Waals surface area contributed by atoms with Crippen LogP contribution in [0.1, 0.15) is 22.2 Å². The molecule has 1 aromatic carbocycles. The first-order valence-corrected chi connectivity index (χ1v) is 7.06. The monoisotopic (exact) mass is 277 g/mol. The van der Waals surface area contributed by atoms with Crippen molar-refractivity contribution in [2.75, 3.05) is 12.9 Å². The van der Waals surface area contributed by atoms with Crippen molar-refractivity contribution in [1.29, 1.82) is 0 Å². The third-order valence-electron chi connectivity index (χ3n) is 2.73. The fraction of sp³-hybridized carbons (Fsp3) is 0.214. The van der Waals surface area contributed by atoms with Gasteiger partial charge in [0.15, 0.2) is 0 Å². The number of aliphatic hydroxyl groups is 1. The Labute approximate surface area is 115 Å². The number of hydrogen-bond donors (Lipinski definition) is 2. The molecule has 0 aliphatic heterocycles. The minimum Gasteiger partial charge on any atom is -0.467 e. The minimum atomic E-state index is -0.525. The number of furan rings is 1. The van der Waals surface area contributed by atoms with E-state index >= 15 is 0 Å². The molecule has 1 atom stereocenters.